The summed E-state index contributed by atoms with van der Waals surface area (Å²) in [5.74, 6) is 11.1. The molecule has 0 amide bonds. The molecule has 12 aliphatic carbocycles. The lowest BCUT2D eigenvalue weighted by Gasteiger charge is -2.58. The summed E-state index contributed by atoms with van der Waals surface area (Å²) in [4.78, 5) is 75.0. The summed E-state index contributed by atoms with van der Waals surface area (Å²) in [7, 11) is 0. The fourth-order valence-corrected chi connectivity index (χ4v) is 30.0. The van der Waals surface area contributed by atoms with Gasteiger partial charge in [-0.15, -0.1) is 0 Å². The van der Waals surface area contributed by atoms with Crippen molar-refractivity contribution in [1.82, 2.24) is 29.9 Å². The summed E-state index contributed by atoms with van der Waals surface area (Å²) in [5, 5.41) is 0. The van der Waals surface area contributed by atoms with Crippen LogP contribution in [0, 0.1) is 138 Å². The van der Waals surface area contributed by atoms with Crippen LogP contribution in [0.5, 0.6) is 0 Å². The minimum Gasteiger partial charge on any atom is -0.466 e. The zero-order chi connectivity index (χ0) is 77.7. The predicted octanol–water partition coefficient (Wildman–Crippen LogP) is 21.0. The van der Waals surface area contributed by atoms with Gasteiger partial charge in [-0.3, -0.25) is 49.1 Å². The first-order valence-electron chi connectivity index (χ1n) is 44.8. The van der Waals surface area contributed by atoms with Gasteiger partial charge in [0, 0.05) is 75.3 Å². The van der Waals surface area contributed by atoms with Crippen molar-refractivity contribution < 1.29 is 38.1 Å². The molecule has 600 valence electrons. The molecule has 0 aromatic carbocycles. The van der Waals surface area contributed by atoms with Gasteiger partial charge >= 0.3 is 23.9 Å². The molecule has 0 spiro atoms. The number of aryl methyl sites for hydroxylation is 2. The molecule has 0 N–H and O–H groups in total. The van der Waals surface area contributed by atoms with E-state index in [9.17, 15) is 19.2 Å². The van der Waals surface area contributed by atoms with E-state index in [0.717, 1.165) is 109 Å². The van der Waals surface area contributed by atoms with E-state index >= 15 is 0 Å². The molecular weight excluding hydrogens is 1390 g/mol. The van der Waals surface area contributed by atoms with E-state index in [2.05, 4.69) is 148 Å². The van der Waals surface area contributed by atoms with Gasteiger partial charge in [0.05, 0.1) is 50.2 Å². The third-order valence-electron chi connectivity index (χ3n) is 36.6. The maximum Gasteiger partial charge on any atom is 0.306 e. The lowest BCUT2D eigenvalue weighted by molar-refractivity contribution is -0.145. The van der Waals surface area contributed by atoms with Crippen LogP contribution < -0.4 is 0 Å². The highest BCUT2D eigenvalue weighted by molar-refractivity contribution is 5.76. The Morgan fingerprint density at radius 3 is 1.03 bits per heavy atom. The summed E-state index contributed by atoms with van der Waals surface area (Å²) < 4.78 is 22.0. The summed E-state index contributed by atoms with van der Waals surface area (Å²) in [6.07, 6.45) is 62.6. The first-order valence-corrected chi connectivity index (χ1v) is 44.8. The second-order valence-corrected chi connectivity index (χ2v) is 40.6. The molecule has 14 nitrogen and oxygen atoms in total. The lowest BCUT2D eigenvalue weighted by Crippen LogP contribution is -2.51. The van der Waals surface area contributed by atoms with E-state index in [1.807, 2.05) is 37.2 Å². The minimum absolute atomic E-state index is 0.00953. The standard InChI is InChI=1S/2C26H35NO2.2C23H30N2O2/c1-4-17-13-18(15-27-14-17)21-7-8-22-20-6-5-19-16-29-24(28)10-12-25(19,2)23(20)9-11-26(21,22)3;1-4-17-13-18(16-27-15-17)21-7-8-22-20-6-5-19-14-24(28)29-12-11-25(19,2)23(20)9-10-26(21,22)3;1-22-10-8-21(26)27-14-15(22)3-4-16-17-5-6-19(20-13-24-11-12-25-20)23(17,2)9-7-18(16)22;1-22-9-12-27-21(26)13-15(22)3-4-16-17-5-6-19(20-14-24-10-11-25-20)23(17,2)8-7-18(16)22/h7,13-15,19-20,22-23H,4-6,8-12,16H2,1-3H3;7,13,15-16,19-20,22-23H,4-6,8-12,14H2,1-3H3;6,11-13,15-18H,3-5,7-10,14H2,1-2H3;6,10-11,14-18H,3-5,7-9,12-13H2,1-2H3/t2*19-,20-,22-,23-,25-,26+;2*15-,16-,17-,18-,22-,23-/m0000/s1. The van der Waals surface area contributed by atoms with Crippen LogP contribution in [-0.2, 0) is 51.0 Å². The number of rotatable bonds is 6. The maximum atomic E-state index is 12.1. The van der Waals surface area contributed by atoms with E-state index < -0.39 is 0 Å². The highest BCUT2D eigenvalue weighted by Gasteiger charge is 2.64. The molecule has 8 heterocycles. The third-order valence-corrected chi connectivity index (χ3v) is 36.6. The highest BCUT2D eigenvalue weighted by Crippen LogP contribution is 2.72. The Morgan fingerprint density at radius 2 is 0.679 bits per heavy atom. The Hall–Kier alpha value is -6.70. The second-order valence-electron chi connectivity index (χ2n) is 40.6. The van der Waals surface area contributed by atoms with Crippen molar-refractivity contribution in [3.8, 4) is 0 Å². The van der Waals surface area contributed by atoms with Crippen LogP contribution in [0.3, 0.4) is 0 Å². The maximum absolute atomic E-state index is 12.1. The number of ether oxygens (including phenoxy) is 4. The topological polar surface area (TPSA) is 183 Å². The summed E-state index contributed by atoms with van der Waals surface area (Å²) in [6.45, 7) is 26.8. The molecule has 8 saturated carbocycles. The van der Waals surface area contributed by atoms with Crippen LogP contribution in [0.2, 0.25) is 0 Å². The van der Waals surface area contributed by atoms with E-state index in [1.165, 1.54) is 162 Å². The number of cyclic esters (lactones) is 4. The molecule has 4 saturated heterocycles. The number of allylic oxidation sites excluding steroid dienone is 8. The lowest BCUT2D eigenvalue weighted by atomic mass is 9.46. The van der Waals surface area contributed by atoms with Crippen molar-refractivity contribution in [1.29, 1.82) is 0 Å². The molecule has 112 heavy (non-hydrogen) atoms. The van der Waals surface area contributed by atoms with Gasteiger partial charge in [-0.1, -0.05) is 93.5 Å². The summed E-state index contributed by atoms with van der Waals surface area (Å²) >= 11 is 0. The van der Waals surface area contributed by atoms with Crippen LogP contribution in [0.15, 0.2) is 98.4 Å². The van der Waals surface area contributed by atoms with Gasteiger partial charge < -0.3 is 18.9 Å². The number of esters is 4. The van der Waals surface area contributed by atoms with E-state index in [0.29, 0.717) is 87.6 Å². The van der Waals surface area contributed by atoms with Gasteiger partial charge in [0.2, 0.25) is 0 Å². The van der Waals surface area contributed by atoms with Gasteiger partial charge in [0.25, 0.3) is 0 Å². The first kappa shape index (κ1) is 77.9. The number of hydrogen-bond acceptors (Lipinski definition) is 14. The van der Waals surface area contributed by atoms with Crippen molar-refractivity contribution in [3.05, 3.63) is 132 Å². The summed E-state index contributed by atoms with van der Waals surface area (Å²) in [5.41, 5.74) is 15.5. The Morgan fingerprint density at radius 1 is 0.339 bits per heavy atom. The Balaban J connectivity index is 0.000000108. The minimum atomic E-state index is 0.00953. The molecule has 0 radical (unpaired) electrons. The largest absolute Gasteiger partial charge is 0.466 e. The number of fused-ring (bicyclic) bond motifs is 20. The Labute approximate surface area is 668 Å². The zero-order valence-corrected chi connectivity index (χ0v) is 69.5. The molecule has 0 bridgehead atoms. The number of pyridine rings is 2. The second kappa shape index (κ2) is 30.4. The van der Waals surface area contributed by atoms with Gasteiger partial charge in [-0.2, -0.15) is 0 Å². The molecule has 12 fully saturated rings. The molecule has 0 unspecified atom stereocenters. The van der Waals surface area contributed by atoms with Gasteiger partial charge in [-0.25, -0.2) is 0 Å². The average molecular weight is 1520 g/mol. The smallest absolute Gasteiger partial charge is 0.306 e. The normalized spacial score (nSPS) is 42.5. The Kier molecular flexibility index (Phi) is 21.1. The molecular formula is C98H130N6O8. The number of carbonyl (C=O) groups is 4. The molecule has 20 rings (SSSR count). The van der Waals surface area contributed by atoms with Gasteiger partial charge in [0.15, 0.2) is 0 Å². The molecule has 4 aliphatic heterocycles. The quantitative estimate of drug-likeness (QED) is 0.131. The summed E-state index contributed by atoms with van der Waals surface area (Å²) in [6, 6.07) is 4.73. The van der Waals surface area contributed by atoms with Crippen LogP contribution in [0.4, 0.5) is 0 Å². The molecule has 14 heteroatoms. The average Bonchev–Trinajstić information content (AvgIpc) is 1.50. The van der Waals surface area contributed by atoms with E-state index in [4.69, 9.17) is 18.9 Å². The van der Waals surface area contributed by atoms with Crippen LogP contribution in [0.25, 0.3) is 22.3 Å². The molecule has 24 atom stereocenters. The van der Waals surface area contributed by atoms with Crippen molar-refractivity contribution >= 4 is 46.2 Å². The molecule has 16 aliphatic rings. The van der Waals surface area contributed by atoms with Crippen molar-refractivity contribution in [2.24, 2.45) is 138 Å². The fraction of sp³-hybridized carbons (Fsp3) is 0.694. The SMILES string of the molecule is CCc1cncc(C2=CC[C@H]3[C@@H]4CC[C@H]5CC(=O)OCC[C@]5(C)[C@H]4CC[C@]23C)c1.CCc1cncc(C2=CC[C@H]3[C@@H]4CC[C@H]5COC(=O)CC[C@]5(C)[C@H]4CC[C@]23C)c1.C[C@]12CCC(=O)OC[C@@H]1CC[C@@H]1[C@@H]2CC[C@]2(C)C(c3cnccn3)=CC[C@@H]12.C[C@]12CCOC(=O)C[C@@H]1CC[C@@H]1[C@@H]2CC[C@]2(C)C(c3cnccn3)=CC[C@@H]12. The number of aromatic nitrogens is 6. The van der Waals surface area contributed by atoms with E-state index in [-0.39, 0.29) is 67.2 Å². The van der Waals surface area contributed by atoms with Crippen molar-refractivity contribution in [3.63, 3.8) is 0 Å². The Bertz CT molecular complexity index is 4140. The zero-order valence-electron chi connectivity index (χ0n) is 69.5. The van der Waals surface area contributed by atoms with Crippen molar-refractivity contribution in [2.75, 3.05) is 26.4 Å². The monoisotopic (exact) mass is 1520 g/mol. The predicted molar refractivity (Wildman–Crippen MR) is 437 cm³/mol. The number of hydrogen-bond donors (Lipinski definition) is 0. The van der Waals surface area contributed by atoms with Gasteiger partial charge in [0.1, 0.15) is 0 Å². The van der Waals surface area contributed by atoms with Crippen LogP contribution >= 0.6 is 0 Å². The van der Waals surface area contributed by atoms with Crippen LogP contribution in [-0.4, -0.2) is 80.2 Å². The third kappa shape index (κ3) is 13.3. The fourth-order valence-electron chi connectivity index (χ4n) is 30.0. The highest BCUT2D eigenvalue weighted by atomic mass is 16.5. The number of carbonyl (C=O) groups excluding carboxylic acids is 4. The van der Waals surface area contributed by atoms with Crippen LogP contribution in [0.1, 0.15) is 283 Å². The van der Waals surface area contributed by atoms with Gasteiger partial charge in [-0.05, 0) is 362 Å². The molecule has 4 aromatic heterocycles. The first-order chi connectivity index (χ1) is 54.0. The molecule has 4 aromatic rings. The number of nitrogens with zero attached hydrogens (tertiary/aromatic N) is 6. The van der Waals surface area contributed by atoms with E-state index in [1.54, 1.807) is 23.5 Å². The van der Waals surface area contributed by atoms with Crippen molar-refractivity contribution in [2.45, 2.75) is 262 Å².